The topological polar surface area (TPSA) is 67.2 Å². The first-order chi connectivity index (χ1) is 12.9. The zero-order chi connectivity index (χ0) is 19.4. The molecular weight excluding hydrogens is 338 g/mol. The van der Waals surface area contributed by atoms with Crippen LogP contribution in [-0.4, -0.2) is 26.9 Å². The predicted molar refractivity (Wildman–Crippen MR) is 107 cm³/mol. The summed E-state index contributed by atoms with van der Waals surface area (Å²) in [6.45, 7) is 6.89. The summed E-state index contributed by atoms with van der Waals surface area (Å²) in [7, 11) is 0. The molecule has 0 aliphatic carbocycles. The van der Waals surface area contributed by atoms with Crippen LogP contribution in [0, 0.1) is 13.8 Å². The molecule has 0 unspecified atom stereocenters. The van der Waals surface area contributed by atoms with Crippen LogP contribution in [0.15, 0.2) is 54.7 Å². The molecule has 3 aromatic rings. The van der Waals surface area contributed by atoms with E-state index < -0.39 is 12.0 Å². The Bertz CT molecular complexity index is 912. The van der Waals surface area contributed by atoms with Crippen LogP contribution in [0.5, 0.6) is 0 Å². The molecule has 2 N–H and O–H groups in total. The second-order valence-electron chi connectivity index (χ2n) is 6.99. The third-order valence-electron chi connectivity index (χ3n) is 4.60. The Morgan fingerprint density at radius 1 is 1.07 bits per heavy atom. The van der Waals surface area contributed by atoms with E-state index in [1.807, 2.05) is 10.9 Å². The maximum Gasteiger partial charge on any atom is 0.320 e. The number of aryl methyl sites for hydroxylation is 2. The summed E-state index contributed by atoms with van der Waals surface area (Å²) in [6, 6.07) is 16.0. The molecule has 0 aliphatic heterocycles. The monoisotopic (exact) mass is 363 g/mol. The molecule has 1 aromatic heterocycles. The lowest BCUT2D eigenvalue weighted by Crippen LogP contribution is -2.33. The number of hydrogen-bond acceptors (Lipinski definition) is 3. The molecule has 0 aliphatic rings. The molecule has 0 spiro atoms. The van der Waals surface area contributed by atoms with Crippen molar-refractivity contribution in [2.45, 2.75) is 39.9 Å². The number of carboxylic acids is 1. The van der Waals surface area contributed by atoms with Crippen LogP contribution in [0.2, 0.25) is 0 Å². The zero-order valence-corrected chi connectivity index (χ0v) is 15.9. The number of nitrogens with one attached hydrogen (secondary N) is 1. The lowest BCUT2D eigenvalue weighted by molar-refractivity contribution is -0.139. The number of aromatic nitrogens is 2. The van der Waals surface area contributed by atoms with Gasteiger partial charge in [-0.15, -0.1) is 0 Å². The number of nitrogens with zero attached hydrogens (tertiary/aromatic N) is 2. The van der Waals surface area contributed by atoms with Crippen molar-refractivity contribution < 1.29 is 9.90 Å². The minimum atomic E-state index is -0.862. The van der Waals surface area contributed by atoms with E-state index in [9.17, 15) is 4.79 Å². The Labute approximate surface area is 159 Å². The fourth-order valence-electron chi connectivity index (χ4n) is 2.86. The fourth-order valence-corrected chi connectivity index (χ4v) is 2.86. The number of aliphatic carboxylic acids is 1. The van der Waals surface area contributed by atoms with Crippen molar-refractivity contribution in [2.75, 3.05) is 0 Å². The summed E-state index contributed by atoms with van der Waals surface area (Å²) in [5, 5.41) is 16.9. The predicted octanol–water partition coefficient (Wildman–Crippen LogP) is 3.78. The number of hydrogen-bond donors (Lipinski definition) is 2. The summed E-state index contributed by atoms with van der Waals surface area (Å²) in [6.07, 6.45) is 2.00. The molecule has 1 heterocycles. The van der Waals surface area contributed by atoms with Gasteiger partial charge in [0.25, 0.3) is 0 Å². The Kier molecular flexibility index (Phi) is 5.72. The third kappa shape index (κ3) is 4.83. The van der Waals surface area contributed by atoms with Crippen molar-refractivity contribution in [3.05, 3.63) is 77.0 Å². The number of carbonyl (C=O) groups is 1. The Morgan fingerprint density at radius 3 is 2.26 bits per heavy atom. The second kappa shape index (κ2) is 8.18. The average Bonchev–Trinajstić information content (AvgIpc) is 3.04. The van der Waals surface area contributed by atoms with E-state index in [4.69, 9.17) is 10.2 Å². The highest BCUT2D eigenvalue weighted by Crippen LogP contribution is 2.23. The van der Waals surface area contributed by atoms with Crippen LogP contribution in [0.25, 0.3) is 11.3 Å². The van der Waals surface area contributed by atoms with Crippen LogP contribution in [0.3, 0.4) is 0 Å². The Hall–Kier alpha value is -2.92. The van der Waals surface area contributed by atoms with Gasteiger partial charge in [0.05, 0.1) is 12.2 Å². The molecule has 0 saturated carbocycles. The van der Waals surface area contributed by atoms with E-state index in [1.165, 1.54) is 16.7 Å². The van der Waals surface area contributed by atoms with Crippen LogP contribution in [-0.2, 0) is 17.9 Å². The molecule has 0 radical (unpaired) electrons. The molecule has 27 heavy (non-hydrogen) atoms. The molecule has 0 saturated heterocycles. The quantitative estimate of drug-likeness (QED) is 0.670. The smallest absolute Gasteiger partial charge is 0.320 e. The summed E-state index contributed by atoms with van der Waals surface area (Å²) in [5.74, 6) is -0.862. The van der Waals surface area contributed by atoms with Crippen LogP contribution >= 0.6 is 0 Å². The van der Waals surface area contributed by atoms with Gasteiger partial charge in [0.15, 0.2) is 0 Å². The standard InChI is InChI=1S/C22H25N3O2/c1-15-4-8-18(9-5-15)13-25-14-20(12-23-17(3)22(26)27)21(24-25)19-10-6-16(2)7-11-19/h4-11,14,17,23H,12-13H2,1-3H3,(H,26,27)/t17-/m0/s1. The van der Waals surface area contributed by atoms with Crippen LogP contribution in [0.1, 0.15) is 29.2 Å². The summed E-state index contributed by atoms with van der Waals surface area (Å²) < 4.78 is 1.92. The van der Waals surface area contributed by atoms with E-state index in [2.05, 4.69) is 67.7 Å². The molecule has 0 bridgehead atoms. The van der Waals surface area contributed by atoms with Crippen molar-refractivity contribution >= 4 is 5.97 Å². The van der Waals surface area contributed by atoms with Gasteiger partial charge in [-0.25, -0.2) is 0 Å². The van der Waals surface area contributed by atoms with Gasteiger partial charge in [0.2, 0.25) is 0 Å². The molecule has 1 atom stereocenters. The normalized spacial score (nSPS) is 12.1. The van der Waals surface area contributed by atoms with Gasteiger partial charge in [0.1, 0.15) is 6.04 Å². The molecular formula is C22H25N3O2. The first kappa shape index (κ1) is 18.9. The van der Waals surface area contributed by atoms with E-state index in [0.29, 0.717) is 13.1 Å². The van der Waals surface area contributed by atoms with E-state index >= 15 is 0 Å². The lowest BCUT2D eigenvalue weighted by Gasteiger charge is -2.09. The first-order valence-electron chi connectivity index (χ1n) is 9.07. The minimum absolute atomic E-state index is 0.449. The molecule has 2 aromatic carbocycles. The van der Waals surface area contributed by atoms with Crippen molar-refractivity contribution in [1.82, 2.24) is 15.1 Å². The van der Waals surface area contributed by atoms with Crippen LogP contribution < -0.4 is 5.32 Å². The van der Waals surface area contributed by atoms with Crippen molar-refractivity contribution in [3.8, 4) is 11.3 Å². The molecule has 0 amide bonds. The maximum atomic E-state index is 11.1. The molecule has 140 valence electrons. The first-order valence-corrected chi connectivity index (χ1v) is 9.07. The van der Waals surface area contributed by atoms with Gasteiger partial charge in [0, 0.05) is 23.9 Å². The average molecular weight is 363 g/mol. The van der Waals surface area contributed by atoms with Gasteiger partial charge < -0.3 is 10.4 Å². The Morgan fingerprint density at radius 2 is 1.67 bits per heavy atom. The summed E-state index contributed by atoms with van der Waals surface area (Å²) >= 11 is 0. The van der Waals surface area contributed by atoms with Crippen molar-refractivity contribution in [1.29, 1.82) is 0 Å². The second-order valence-corrected chi connectivity index (χ2v) is 6.99. The Balaban J connectivity index is 1.88. The number of rotatable bonds is 7. The summed E-state index contributed by atoms with van der Waals surface area (Å²) in [4.78, 5) is 11.1. The molecule has 3 rings (SSSR count). The maximum absolute atomic E-state index is 11.1. The fraction of sp³-hybridized carbons (Fsp3) is 0.273. The highest BCUT2D eigenvalue weighted by atomic mass is 16.4. The highest BCUT2D eigenvalue weighted by Gasteiger charge is 2.15. The molecule has 5 nitrogen and oxygen atoms in total. The van der Waals surface area contributed by atoms with E-state index in [1.54, 1.807) is 6.92 Å². The van der Waals surface area contributed by atoms with Crippen molar-refractivity contribution in [2.24, 2.45) is 0 Å². The van der Waals surface area contributed by atoms with Gasteiger partial charge >= 0.3 is 5.97 Å². The SMILES string of the molecule is Cc1ccc(Cn2cc(CN[C@@H](C)C(=O)O)c(-c3ccc(C)cc3)n2)cc1. The lowest BCUT2D eigenvalue weighted by atomic mass is 10.1. The van der Waals surface area contributed by atoms with Crippen LogP contribution in [0.4, 0.5) is 0 Å². The third-order valence-corrected chi connectivity index (χ3v) is 4.60. The van der Waals surface area contributed by atoms with Gasteiger partial charge in [-0.1, -0.05) is 59.7 Å². The van der Waals surface area contributed by atoms with Gasteiger partial charge in [-0.3, -0.25) is 9.48 Å². The number of benzene rings is 2. The number of carboxylic acid groups (broad SMARTS) is 1. The minimum Gasteiger partial charge on any atom is -0.480 e. The van der Waals surface area contributed by atoms with Gasteiger partial charge in [-0.2, -0.15) is 5.10 Å². The largest absolute Gasteiger partial charge is 0.480 e. The molecule has 5 heteroatoms. The molecule has 0 fully saturated rings. The van der Waals surface area contributed by atoms with Crippen molar-refractivity contribution in [3.63, 3.8) is 0 Å². The zero-order valence-electron chi connectivity index (χ0n) is 15.9. The summed E-state index contributed by atoms with van der Waals surface area (Å²) in [5.41, 5.74) is 6.50. The highest BCUT2D eigenvalue weighted by molar-refractivity contribution is 5.73. The van der Waals surface area contributed by atoms with E-state index in [-0.39, 0.29) is 0 Å². The van der Waals surface area contributed by atoms with Gasteiger partial charge in [-0.05, 0) is 26.3 Å². The van der Waals surface area contributed by atoms with E-state index in [0.717, 1.165) is 16.8 Å².